The maximum Gasteiger partial charge on any atom is 0.150 e. The summed E-state index contributed by atoms with van der Waals surface area (Å²) in [5.41, 5.74) is 5.99. The van der Waals surface area contributed by atoms with E-state index in [2.05, 4.69) is 31.0 Å². The molecule has 0 saturated carbocycles. The van der Waals surface area contributed by atoms with Crippen LogP contribution in [0, 0.1) is 5.92 Å². The Hall–Kier alpha value is -0.900. The fourth-order valence-electron chi connectivity index (χ4n) is 1.23. The number of hydrogen-bond donors (Lipinski definition) is 1. The van der Waals surface area contributed by atoms with Gasteiger partial charge in [-0.2, -0.15) is 0 Å². The minimum atomic E-state index is -0.00551. The summed E-state index contributed by atoms with van der Waals surface area (Å²) in [6.45, 7) is 7.26. The molecule has 1 atom stereocenters. The van der Waals surface area contributed by atoms with Crippen LogP contribution in [0.2, 0.25) is 0 Å². The number of aryl methyl sites for hydroxylation is 1. The quantitative estimate of drug-likeness (QED) is 0.764. The maximum absolute atomic E-state index is 5.99. The van der Waals surface area contributed by atoms with Crippen molar-refractivity contribution >= 4 is 0 Å². The van der Waals surface area contributed by atoms with Crippen molar-refractivity contribution in [1.82, 2.24) is 14.8 Å². The van der Waals surface area contributed by atoms with Gasteiger partial charge in [0.05, 0.1) is 6.04 Å². The van der Waals surface area contributed by atoms with Crippen LogP contribution in [0.15, 0.2) is 6.33 Å². The van der Waals surface area contributed by atoms with Gasteiger partial charge in [0.15, 0.2) is 0 Å². The van der Waals surface area contributed by atoms with E-state index in [1.807, 2.05) is 4.57 Å². The molecule has 74 valence electrons. The first-order valence-electron chi connectivity index (χ1n) is 4.80. The molecular weight excluding hydrogens is 164 g/mol. The zero-order valence-corrected chi connectivity index (χ0v) is 8.57. The van der Waals surface area contributed by atoms with Crippen molar-refractivity contribution < 1.29 is 0 Å². The van der Waals surface area contributed by atoms with Gasteiger partial charge in [-0.15, -0.1) is 10.2 Å². The molecule has 4 heteroatoms. The Balaban J connectivity index is 2.80. The highest BCUT2D eigenvalue weighted by molar-refractivity contribution is 4.94. The average Bonchev–Trinajstić information content (AvgIpc) is 2.52. The van der Waals surface area contributed by atoms with Crippen molar-refractivity contribution in [3.05, 3.63) is 12.2 Å². The summed E-state index contributed by atoms with van der Waals surface area (Å²) in [7, 11) is 0. The second kappa shape index (κ2) is 4.37. The van der Waals surface area contributed by atoms with Gasteiger partial charge >= 0.3 is 0 Å². The van der Waals surface area contributed by atoms with Gasteiger partial charge < -0.3 is 10.3 Å². The van der Waals surface area contributed by atoms with Crippen molar-refractivity contribution in [2.75, 3.05) is 0 Å². The average molecular weight is 182 g/mol. The predicted octanol–water partition coefficient (Wildman–Crippen LogP) is 1.34. The molecule has 1 unspecified atom stereocenters. The van der Waals surface area contributed by atoms with Gasteiger partial charge in [-0.05, 0) is 12.3 Å². The van der Waals surface area contributed by atoms with Crippen LogP contribution in [-0.2, 0) is 6.54 Å². The lowest BCUT2D eigenvalue weighted by Gasteiger charge is -2.15. The van der Waals surface area contributed by atoms with Gasteiger partial charge in [0, 0.05) is 6.54 Å². The van der Waals surface area contributed by atoms with Crippen LogP contribution in [0.4, 0.5) is 0 Å². The summed E-state index contributed by atoms with van der Waals surface area (Å²) in [6.07, 6.45) is 2.83. The lowest BCUT2D eigenvalue weighted by molar-refractivity contribution is 0.463. The maximum atomic E-state index is 5.99. The Labute approximate surface area is 79.2 Å². The van der Waals surface area contributed by atoms with Gasteiger partial charge in [-0.25, -0.2) is 0 Å². The lowest BCUT2D eigenvalue weighted by atomic mass is 10.1. The van der Waals surface area contributed by atoms with E-state index in [-0.39, 0.29) is 6.04 Å². The minimum absolute atomic E-state index is 0.00551. The summed E-state index contributed by atoms with van der Waals surface area (Å²) in [5.74, 6) is 1.30. The molecule has 2 N–H and O–H groups in total. The largest absolute Gasteiger partial charge is 0.321 e. The summed E-state index contributed by atoms with van der Waals surface area (Å²) in [5, 5.41) is 7.92. The third kappa shape index (κ3) is 2.28. The Bertz CT molecular complexity index is 254. The van der Waals surface area contributed by atoms with Crippen molar-refractivity contribution in [2.45, 2.75) is 39.8 Å². The fourth-order valence-corrected chi connectivity index (χ4v) is 1.23. The highest BCUT2D eigenvalue weighted by atomic mass is 15.3. The van der Waals surface area contributed by atoms with Gasteiger partial charge in [0.1, 0.15) is 12.2 Å². The van der Waals surface area contributed by atoms with Crippen LogP contribution in [0.1, 0.15) is 39.1 Å². The molecule has 0 saturated heterocycles. The molecule has 1 rings (SSSR count). The van der Waals surface area contributed by atoms with E-state index in [9.17, 15) is 0 Å². The highest BCUT2D eigenvalue weighted by Crippen LogP contribution is 2.16. The molecule has 0 fully saturated rings. The second-order valence-corrected chi connectivity index (χ2v) is 3.65. The topological polar surface area (TPSA) is 56.7 Å². The van der Waals surface area contributed by atoms with E-state index in [1.165, 1.54) is 0 Å². The standard InChI is InChI=1S/C9H18N4/c1-4-5-13-6-11-12-9(13)8(10)7(2)3/h6-8H,4-5,10H2,1-3H3. The lowest BCUT2D eigenvalue weighted by Crippen LogP contribution is -2.21. The van der Waals surface area contributed by atoms with Crippen LogP contribution < -0.4 is 5.73 Å². The van der Waals surface area contributed by atoms with E-state index >= 15 is 0 Å². The number of rotatable bonds is 4. The Morgan fingerprint density at radius 3 is 2.77 bits per heavy atom. The molecule has 1 aromatic rings. The van der Waals surface area contributed by atoms with Crippen molar-refractivity contribution in [3.63, 3.8) is 0 Å². The molecule has 1 aromatic heterocycles. The van der Waals surface area contributed by atoms with Crippen LogP contribution >= 0.6 is 0 Å². The highest BCUT2D eigenvalue weighted by Gasteiger charge is 2.16. The predicted molar refractivity (Wildman–Crippen MR) is 52.1 cm³/mol. The van der Waals surface area contributed by atoms with Crippen molar-refractivity contribution in [2.24, 2.45) is 11.7 Å². The van der Waals surface area contributed by atoms with Crippen molar-refractivity contribution in [3.8, 4) is 0 Å². The third-order valence-corrected chi connectivity index (χ3v) is 2.13. The number of hydrogen-bond acceptors (Lipinski definition) is 3. The summed E-state index contributed by atoms with van der Waals surface area (Å²) < 4.78 is 2.03. The van der Waals surface area contributed by atoms with Gasteiger partial charge in [-0.3, -0.25) is 0 Å². The van der Waals surface area contributed by atoms with Crippen LogP contribution in [-0.4, -0.2) is 14.8 Å². The SMILES string of the molecule is CCCn1cnnc1C(N)C(C)C. The molecule has 0 aliphatic carbocycles. The summed E-state index contributed by atoms with van der Waals surface area (Å²) >= 11 is 0. The van der Waals surface area contributed by atoms with E-state index in [0.29, 0.717) is 5.92 Å². The van der Waals surface area contributed by atoms with Gasteiger partial charge in [-0.1, -0.05) is 20.8 Å². The first kappa shape index (κ1) is 10.2. The molecule has 0 amide bonds. The van der Waals surface area contributed by atoms with Gasteiger partial charge in [0.2, 0.25) is 0 Å². The molecule has 0 aliphatic rings. The number of aromatic nitrogens is 3. The molecule has 0 aliphatic heterocycles. The fraction of sp³-hybridized carbons (Fsp3) is 0.778. The van der Waals surface area contributed by atoms with Crippen LogP contribution in [0.3, 0.4) is 0 Å². The molecule has 1 heterocycles. The van der Waals surface area contributed by atoms with E-state index in [0.717, 1.165) is 18.8 Å². The number of nitrogens with two attached hydrogens (primary N) is 1. The molecular formula is C9H18N4. The minimum Gasteiger partial charge on any atom is -0.321 e. The van der Waals surface area contributed by atoms with Crippen LogP contribution in [0.5, 0.6) is 0 Å². The molecule has 0 aromatic carbocycles. The Kier molecular flexibility index (Phi) is 3.42. The normalized spacial score (nSPS) is 13.6. The monoisotopic (exact) mass is 182 g/mol. The molecule has 13 heavy (non-hydrogen) atoms. The van der Waals surface area contributed by atoms with E-state index in [4.69, 9.17) is 5.73 Å². The Morgan fingerprint density at radius 2 is 2.23 bits per heavy atom. The number of nitrogens with zero attached hydrogens (tertiary/aromatic N) is 3. The first-order valence-corrected chi connectivity index (χ1v) is 4.80. The zero-order chi connectivity index (χ0) is 9.84. The summed E-state index contributed by atoms with van der Waals surface area (Å²) in [6, 6.07) is -0.00551. The van der Waals surface area contributed by atoms with Gasteiger partial charge in [0.25, 0.3) is 0 Å². The smallest absolute Gasteiger partial charge is 0.150 e. The molecule has 0 bridgehead atoms. The van der Waals surface area contributed by atoms with E-state index in [1.54, 1.807) is 6.33 Å². The van der Waals surface area contributed by atoms with Crippen LogP contribution in [0.25, 0.3) is 0 Å². The summed E-state index contributed by atoms with van der Waals surface area (Å²) in [4.78, 5) is 0. The zero-order valence-electron chi connectivity index (χ0n) is 8.57. The third-order valence-electron chi connectivity index (χ3n) is 2.13. The second-order valence-electron chi connectivity index (χ2n) is 3.65. The van der Waals surface area contributed by atoms with E-state index < -0.39 is 0 Å². The molecule has 4 nitrogen and oxygen atoms in total. The first-order chi connectivity index (χ1) is 6.16. The van der Waals surface area contributed by atoms with Crippen molar-refractivity contribution in [1.29, 1.82) is 0 Å². The molecule has 0 radical (unpaired) electrons. The Morgan fingerprint density at radius 1 is 1.54 bits per heavy atom. The molecule has 0 spiro atoms.